The molecule has 1 aliphatic heterocycles. The van der Waals surface area contributed by atoms with Crippen molar-refractivity contribution in [3.05, 3.63) is 34.3 Å². The predicted octanol–water partition coefficient (Wildman–Crippen LogP) is 3.67. The van der Waals surface area contributed by atoms with E-state index in [0.717, 1.165) is 6.61 Å². The third-order valence-electron chi connectivity index (χ3n) is 3.41. The molecule has 2 rings (SSSR count). The third kappa shape index (κ3) is 3.30. The Morgan fingerprint density at radius 1 is 1.35 bits per heavy atom. The van der Waals surface area contributed by atoms with E-state index in [9.17, 15) is 0 Å². The molecule has 2 nitrogen and oxygen atoms in total. The molecular weight excluding hydrogens is 278 g/mol. The van der Waals surface area contributed by atoms with Gasteiger partial charge >= 0.3 is 0 Å². The maximum atomic E-state index is 5.71. The van der Waals surface area contributed by atoms with E-state index < -0.39 is 0 Å². The summed E-state index contributed by atoms with van der Waals surface area (Å²) in [6, 6.07) is 9.11. The molecule has 3 atom stereocenters. The average molecular weight is 298 g/mol. The molecule has 1 heterocycles. The molecule has 94 valence electrons. The van der Waals surface area contributed by atoms with E-state index >= 15 is 0 Å². The Labute approximate surface area is 112 Å². The van der Waals surface area contributed by atoms with Gasteiger partial charge in [0, 0.05) is 23.2 Å². The highest BCUT2D eigenvalue weighted by Crippen LogP contribution is 2.24. The van der Waals surface area contributed by atoms with E-state index in [1.54, 1.807) is 0 Å². The number of hydrogen-bond acceptors (Lipinski definition) is 2. The largest absolute Gasteiger partial charge is 0.377 e. The van der Waals surface area contributed by atoms with E-state index in [2.05, 4.69) is 53.3 Å². The first-order valence-electron chi connectivity index (χ1n) is 6.30. The number of ether oxygens (including phenoxy) is 1. The van der Waals surface area contributed by atoms with E-state index in [-0.39, 0.29) is 0 Å². The molecule has 1 aliphatic rings. The van der Waals surface area contributed by atoms with Gasteiger partial charge in [-0.15, -0.1) is 0 Å². The van der Waals surface area contributed by atoms with Crippen LogP contribution < -0.4 is 5.32 Å². The van der Waals surface area contributed by atoms with Gasteiger partial charge in [-0.1, -0.05) is 34.1 Å². The molecule has 0 amide bonds. The van der Waals surface area contributed by atoms with Crippen molar-refractivity contribution in [2.75, 3.05) is 6.61 Å². The van der Waals surface area contributed by atoms with Crippen LogP contribution in [0.25, 0.3) is 0 Å². The van der Waals surface area contributed by atoms with Crippen LogP contribution in [0.2, 0.25) is 0 Å². The van der Waals surface area contributed by atoms with Crippen molar-refractivity contribution in [2.45, 2.75) is 44.9 Å². The molecule has 1 saturated heterocycles. The summed E-state index contributed by atoms with van der Waals surface area (Å²) in [5, 5.41) is 3.62. The van der Waals surface area contributed by atoms with E-state index in [1.807, 2.05) is 6.07 Å². The predicted molar refractivity (Wildman–Crippen MR) is 74.1 cm³/mol. The maximum absolute atomic E-state index is 5.71. The highest BCUT2D eigenvalue weighted by Gasteiger charge is 2.23. The normalized spacial score (nSPS) is 23.6. The molecule has 1 fully saturated rings. The Bertz CT molecular complexity index is 363. The fourth-order valence-electron chi connectivity index (χ4n) is 2.41. The molecule has 0 saturated carbocycles. The van der Waals surface area contributed by atoms with Crippen LogP contribution >= 0.6 is 15.9 Å². The zero-order valence-corrected chi connectivity index (χ0v) is 12.0. The summed E-state index contributed by atoms with van der Waals surface area (Å²) in [5.41, 5.74) is 1.30. The zero-order chi connectivity index (χ0) is 12.3. The molecule has 0 bridgehead atoms. The first-order chi connectivity index (χ1) is 8.18. The molecule has 1 aromatic rings. The van der Waals surface area contributed by atoms with Gasteiger partial charge in [0.2, 0.25) is 0 Å². The van der Waals surface area contributed by atoms with Crippen molar-refractivity contribution in [3.8, 4) is 0 Å². The number of rotatable bonds is 4. The Balaban J connectivity index is 1.96. The lowest BCUT2D eigenvalue weighted by Gasteiger charge is -2.25. The van der Waals surface area contributed by atoms with Gasteiger partial charge in [0.1, 0.15) is 0 Å². The molecule has 3 heteroatoms. The minimum absolute atomic E-state index is 0.338. The van der Waals surface area contributed by atoms with E-state index in [4.69, 9.17) is 4.74 Å². The van der Waals surface area contributed by atoms with Crippen LogP contribution in [0.5, 0.6) is 0 Å². The fraction of sp³-hybridized carbons (Fsp3) is 0.571. The Morgan fingerprint density at radius 3 is 2.76 bits per heavy atom. The molecule has 0 spiro atoms. The fourth-order valence-corrected chi connectivity index (χ4v) is 3.04. The molecule has 0 aromatic heterocycles. The summed E-state index contributed by atoms with van der Waals surface area (Å²) in [7, 11) is 0. The zero-order valence-electron chi connectivity index (χ0n) is 10.4. The molecule has 0 aliphatic carbocycles. The topological polar surface area (TPSA) is 21.3 Å². The van der Waals surface area contributed by atoms with Crippen LogP contribution in [0.15, 0.2) is 28.7 Å². The first-order valence-corrected chi connectivity index (χ1v) is 7.10. The molecule has 1 aromatic carbocycles. The average Bonchev–Trinajstić information content (AvgIpc) is 2.82. The van der Waals surface area contributed by atoms with Crippen molar-refractivity contribution < 1.29 is 4.74 Å². The molecule has 0 radical (unpaired) electrons. The number of nitrogens with one attached hydrogen (secondary N) is 1. The van der Waals surface area contributed by atoms with Crippen molar-refractivity contribution in [2.24, 2.45) is 0 Å². The molecule has 17 heavy (non-hydrogen) atoms. The Morgan fingerprint density at radius 2 is 2.12 bits per heavy atom. The second-order valence-corrected chi connectivity index (χ2v) is 5.60. The van der Waals surface area contributed by atoms with Crippen molar-refractivity contribution >= 4 is 15.9 Å². The monoisotopic (exact) mass is 297 g/mol. The van der Waals surface area contributed by atoms with Gasteiger partial charge in [0.25, 0.3) is 0 Å². The first kappa shape index (κ1) is 13.1. The summed E-state index contributed by atoms with van der Waals surface area (Å²) in [6.45, 7) is 5.33. The van der Waals surface area contributed by atoms with Crippen molar-refractivity contribution in [3.63, 3.8) is 0 Å². The van der Waals surface area contributed by atoms with Crippen LogP contribution in [-0.2, 0) is 4.74 Å². The standard InChI is InChI=1S/C14H20BrNO/c1-10(12-6-3-4-7-13(12)15)16-11(2)14-8-5-9-17-14/h3-4,6-7,10-11,14,16H,5,8-9H2,1-2H3. The highest BCUT2D eigenvalue weighted by molar-refractivity contribution is 9.10. The quantitative estimate of drug-likeness (QED) is 0.916. The van der Waals surface area contributed by atoms with Crippen LogP contribution in [-0.4, -0.2) is 18.8 Å². The summed E-state index contributed by atoms with van der Waals surface area (Å²) in [6.07, 6.45) is 2.75. The number of hydrogen-bond donors (Lipinski definition) is 1. The lowest BCUT2D eigenvalue weighted by atomic mass is 10.0. The maximum Gasteiger partial charge on any atom is 0.0726 e. The van der Waals surface area contributed by atoms with Crippen molar-refractivity contribution in [1.82, 2.24) is 5.32 Å². The van der Waals surface area contributed by atoms with Gasteiger partial charge in [-0.05, 0) is 38.3 Å². The van der Waals surface area contributed by atoms with Crippen molar-refractivity contribution in [1.29, 1.82) is 0 Å². The third-order valence-corrected chi connectivity index (χ3v) is 4.13. The van der Waals surface area contributed by atoms with Crippen LogP contribution in [0.3, 0.4) is 0 Å². The summed E-state index contributed by atoms with van der Waals surface area (Å²) < 4.78 is 6.87. The number of benzene rings is 1. The minimum Gasteiger partial charge on any atom is -0.377 e. The summed E-state index contributed by atoms with van der Waals surface area (Å²) in [4.78, 5) is 0. The van der Waals surface area contributed by atoms with E-state index in [0.29, 0.717) is 18.2 Å². The second-order valence-electron chi connectivity index (χ2n) is 4.75. The Kier molecular flexibility index (Phi) is 4.60. The van der Waals surface area contributed by atoms with Crippen LogP contribution in [0.4, 0.5) is 0 Å². The molecular formula is C14H20BrNO. The lowest BCUT2D eigenvalue weighted by molar-refractivity contribution is 0.0804. The second kappa shape index (κ2) is 5.98. The summed E-state index contributed by atoms with van der Waals surface area (Å²) >= 11 is 3.60. The van der Waals surface area contributed by atoms with Gasteiger partial charge in [0.05, 0.1) is 6.10 Å². The number of halogens is 1. The van der Waals surface area contributed by atoms with Gasteiger partial charge in [-0.25, -0.2) is 0 Å². The molecule has 3 unspecified atom stereocenters. The SMILES string of the molecule is CC(NC(C)C1CCCO1)c1ccccc1Br. The van der Waals surface area contributed by atoms with Crippen LogP contribution in [0.1, 0.15) is 38.3 Å². The Hall–Kier alpha value is -0.380. The van der Waals surface area contributed by atoms with Gasteiger partial charge in [-0.2, -0.15) is 0 Å². The lowest BCUT2D eigenvalue weighted by Crippen LogP contribution is -2.38. The summed E-state index contributed by atoms with van der Waals surface area (Å²) in [5.74, 6) is 0. The minimum atomic E-state index is 0.338. The molecule has 1 N–H and O–H groups in total. The van der Waals surface area contributed by atoms with Gasteiger partial charge in [-0.3, -0.25) is 0 Å². The van der Waals surface area contributed by atoms with Crippen LogP contribution in [0, 0.1) is 0 Å². The van der Waals surface area contributed by atoms with Gasteiger partial charge < -0.3 is 10.1 Å². The van der Waals surface area contributed by atoms with E-state index in [1.165, 1.54) is 22.9 Å². The highest BCUT2D eigenvalue weighted by atomic mass is 79.9. The van der Waals surface area contributed by atoms with Gasteiger partial charge in [0.15, 0.2) is 0 Å². The smallest absolute Gasteiger partial charge is 0.0726 e.